The summed E-state index contributed by atoms with van der Waals surface area (Å²) < 4.78 is 16.8. The summed E-state index contributed by atoms with van der Waals surface area (Å²) in [5, 5.41) is 0. The van der Waals surface area contributed by atoms with Gasteiger partial charge < -0.3 is 14.0 Å². The van der Waals surface area contributed by atoms with Crippen molar-refractivity contribution in [1.29, 1.82) is 0 Å². The maximum Gasteiger partial charge on any atom is 0.494 e. The third-order valence-corrected chi connectivity index (χ3v) is 4.21. The molecule has 0 aromatic heterocycles. The van der Waals surface area contributed by atoms with Crippen LogP contribution in [0.2, 0.25) is 0 Å². The molecule has 1 aliphatic heterocycles. The van der Waals surface area contributed by atoms with Gasteiger partial charge in [-0.05, 0) is 35.1 Å². The van der Waals surface area contributed by atoms with Crippen LogP contribution in [0.3, 0.4) is 0 Å². The quantitative estimate of drug-likeness (QED) is 0.600. The number of carbonyl (C=O) groups excluding carboxylic acids is 1. The van der Waals surface area contributed by atoms with Gasteiger partial charge in [0.25, 0.3) is 0 Å². The van der Waals surface area contributed by atoms with Crippen LogP contribution in [-0.4, -0.2) is 25.8 Å². The van der Waals surface area contributed by atoms with Crippen molar-refractivity contribution < 1.29 is 18.8 Å². The number of ether oxygens (including phenoxy) is 1. The van der Waals surface area contributed by atoms with Gasteiger partial charge in [0.15, 0.2) is 0 Å². The number of esters is 1. The van der Waals surface area contributed by atoms with Gasteiger partial charge in [-0.15, -0.1) is 0 Å². The van der Waals surface area contributed by atoms with E-state index in [4.69, 9.17) is 14.0 Å². The van der Waals surface area contributed by atoms with Gasteiger partial charge in [-0.25, -0.2) is 4.79 Å². The lowest BCUT2D eigenvalue weighted by molar-refractivity contribution is 0.0472. The van der Waals surface area contributed by atoms with Crippen molar-refractivity contribution in [2.45, 2.75) is 26.1 Å². The van der Waals surface area contributed by atoms with E-state index in [-0.39, 0.29) is 25.8 Å². The van der Waals surface area contributed by atoms with Crippen molar-refractivity contribution in [3.63, 3.8) is 0 Å². The van der Waals surface area contributed by atoms with Gasteiger partial charge in [-0.3, -0.25) is 0 Å². The summed E-state index contributed by atoms with van der Waals surface area (Å²) in [7, 11) is -0.349. The molecule has 3 rings (SSSR count). The highest BCUT2D eigenvalue weighted by atomic mass is 16.6. The lowest BCUT2D eigenvalue weighted by Crippen LogP contribution is -2.32. The van der Waals surface area contributed by atoms with Gasteiger partial charge >= 0.3 is 13.1 Å². The van der Waals surface area contributed by atoms with Crippen LogP contribution >= 0.6 is 0 Å². The molecule has 1 unspecified atom stereocenters. The second-order valence-electron chi connectivity index (χ2n) is 5.98. The Bertz CT molecular complexity index is 724. The standard InChI is InChI=1S/C20H21BO4/c1-3-15-5-7-16(8-6-15)13-23-20(22)17-9-11-18(12-10-17)21-24-14-19(4-2)25-21/h3,5-12,19H,1,4,13-14H2,2H3. The minimum Gasteiger partial charge on any atom is -0.457 e. The average molecular weight is 336 g/mol. The molecule has 128 valence electrons. The molecule has 1 aliphatic rings. The smallest absolute Gasteiger partial charge is 0.457 e. The molecule has 1 atom stereocenters. The minimum absolute atomic E-state index is 0.141. The van der Waals surface area contributed by atoms with Crippen LogP contribution in [0.1, 0.15) is 34.8 Å². The van der Waals surface area contributed by atoms with Gasteiger partial charge in [0.05, 0.1) is 18.3 Å². The highest BCUT2D eigenvalue weighted by molar-refractivity contribution is 6.61. The van der Waals surface area contributed by atoms with Gasteiger partial charge in [0, 0.05) is 0 Å². The zero-order valence-corrected chi connectivity index (χ0v) is 14.3. The number of rotatable bonds is 6. The third-order valence-electron chi connectivity index (χ3n) is 4.21. The fraction of sp³-hybridized carbons (Fsp3) is 0.250. The van der Waals surface area contributed by atoms with Gasteiger partial charge in [-0.2, -0.15) is 0 Å². The molecule has 2 aromatic rings. The second-order valence-corrected chi connectivity index (χ2v) is 5.98. The number of hydrogen-bond donors (Lipinski definition) is 0. The Morgan fingerprint density at radius 3 is 2.56 bits per heavy atom. The van der Waals surface area contributed by atoms with E-state index in [0.29, 0.717) is 12.2 Å². The summed E-state index contributed by atoms with van der Waals surface area (Å²) >= 11 is 0. The van der Waals surface area contributed by atoms with E-state index >= 15 is 0 Å². The third kappa shape index (κ3) is 4.38. The van der Waals surface area contributed by atoms with Crippen LogP contribution in [0.15, 0.2) is 55.1 Å². The van der Waals surface area contributed by atoms with Crippen molar-refractivity contribution in [1.82, 2.24) is 0 Å². The lowest BCUT2D eigenvalue weighted by Gasteiger charge is -2.08. The molecule has 2 aromatic carbocycles. The van der Waals surface area contributed by atoms with Crippen LogP contribution in [0.5, 0.6) is 0 Å². The molecule has 0 saturated carbocycles. The Morgan fingerprint density at radius 1 is 1.24 bits per heavy atom. The summed E-state index contributed by atoms with van der Waals surface area (Å²) in [6.45, 7) is 6.63. The van der Waals surface area contributed by atoms with Crippen molar-refractivity contribution in [3.05, 3.63) is 71.8 Å². The highest BCUT2D eigenvalue weighted by Gasteiger charge is 2.32. The van der Waals surface area contributed by atoms with E-state index in [1.807, 2.05) is 36.4 Å². The van der Waals surface area contributed by atoms with E-state index in [2.05, 4.69) is 13.5 Å². The van der Waals surface area contributed by atoms with Gasteiger partial charge in [0.1, 0.15) is 6.61 Å². The molecule has 0 N–H and O–H groups in total. The lowest BCUT2D eigenvalue weighted by atomic mass is 9.79. The number of hydrogen-bond acceptors (Lipinski definition) is 4. The Labute approximate surface area is 148 Å². The first-order valence-corrected chi connectivity index (χ1v) is 8.45. The molecule has 0 bridgehead atoms. The van der Waals surface area contributed by atoms with Crippen LogP contribution in [0, 0.1) is 0 Å². The second kappa shape index (κ2) is 8.14. The van der Waals surface area contributed by atoms with E-state index < -0.39 is 0 Å². The summed E-state index contributed by atoms with van der Waals surface area (Å²) in [4.78, 5) is 12.2. The molecule has 0 spiro atoms. The zero-order chi connectivity index (χ0) is 17.6. The van der Waals surface area contributed by atoms with Crippen molar-refractivity contribution in [3.8, 4) is 0 Å². The molecule has 25 heavy (non-hydrogen) atoms. The van der Waals surface area contributed by atoms with E-state index in [1.165, 1.54) is 0 Å². The monoisotopic (exact) mass is 336 g/mol. The average Bonchev–Trinajstić information content (AvgIpc) is 3.16. The minimum atomic E-state index is -0.349. The molecule has 0 radical (unpaired) electrons. The van der Waals surface area contributed by atoms with E-state index in [9.17, 15) is 4.79 Å². The molecule has 4 nitrogen and oxygen atoms in total. The molecule has 1 fully saturated rings. The van der Waals surface area contributed by atoms with Crippen molar-refractivity contribution in [2.24, 2.45) is 0 Å². The molecule has 5 heteroatoms. The molecule has 1 saturated heterocycles. The van der Waals surface area contributed by atoms with Crippen LogP contribution < -0.4 is 5.46 Å². The summed E-state index contributed by atoms with van der Waals surface area (Å²) in [6, 6.07) is 14.9. The first-order chi connectivity index (χ1) is 12.2. The molecule has 0 aliphatic carbocycles. The molecular formula is C20H21BO4. The fourth-order valence-electron chi connectivity index (χ4n) is 2.60. The zero-order valence-electron chi connectivity index (χ0n) is 14.3. The Morgan fingerprint density at radius 2 is 1.96 bits per heavy atom. The number of carbonyl (C=O) groups is 1. The van der Waals surface area contributed by atoms with E-state index in [0.717, 1.165) is 23.0 Å². The Hall–Kier alpha value is -2.37. The van der Waals surface area contributed by atoms with Crippen molar-refractivity contribution >= 4 is 24.6 Å². The SMILES string of the molecule is C=Cc1ccc(COC(=O)c2ccc(B3OCC(CC)O3)cc2)cc1. The summed E-state index contributed by atoms with van der Waals surface area (Å²) in [6.07, 6.45) is 2.84. The largest absolute Gasteiger partial charge is 0.494 e. The van der Waals surface area contributed by atoms with E-state index in [1.54, 1.807) is 18.2 Å². The predicted octanol–water partition coefficient (Wildman–Crippen LogP) is 3.21. The predicted molar refractivity (Wildman–Crippen MR) is 98.6 cm³/mol. The Balaban J connectivity index is 1.56. The van der Waals surface area contributed by atoms with Gasteiger partial charge in [-0.1, -0.05) is 56.0 Å². The molecular weight excluding hydrogens is 315 g/mol. The first kappa shape index (κ1) is 17.5. The Kier molecular flexibility index (Phi) is 5.69. The maximum atomic E-state index is 12.2. The molecule has 0 amide bonds. The first-order valence-electron chi connectivity index (χ1n) is 8.45. The van der Waals surface area contributed by atoms with Crippen molar-refractivity contribution in [2.75, 3.05) is 6.61 Å². The number of benzene rings is 2. The fourth-order valence-corrected chi connectivity index (χ4v) is 2.60. The summed E-state index contributed by atoms with van der Waals surface area (Å²) in [5.74, 6) is -0.348. The van der Waals surface area contributed by atoms with Crippen LogP contribution in [-0.2, 0) is 20.7 Å². The normalized spacial score (nSPS) is 16.7. The molecule has 1 heterocycles. The highest BCUT2D eigenvalue weighted by Crippen LogP contribution is 2.13. The topological polar surface area (TPSA) is 44.8 Å². The van der Waals surface area contributed by atoms with Crippen LogP contribution in [0.25, 0.3) is 6.08 Å². The summed E-state index contributed by atoms with van der Waals surface area (Å²) in [5.41, 5.74) is 3.39. The maximum absolute atomic E-state index is 12.2. The van der Waals surface area contributed by atoms with Gasteiger partial charge in [0.2, 0.25) is 0 Å². The van der Waals surface area contributed by atoms with Crippen LogP contribution in [0.4, 0.5) is 0 Å².